The van der Waals surface area contributed by atoms with Crippen LogP contribution in [0.3, 0.4) is 0 Å². The predicted molar refractivity (Wildman–Crippen MR) is 70.3 cm³/mol. The van der Waals surface area contributed by atoms with Crippen molar-refractivity contribution in [1.82, 2.24) is 0 Å². The number of thiophene rings is 1. The lowest BCUT2D eigenvalue weighted by molar-refractivity contribution is 0.340. The van der Waals surface area contributed by atoms with Crippen molar-refractivity contribution in [2.45, 2.75) is 6.92 Å². The Kier molecular flexibility index (Phi) is 3.36. The molecule has 0 aliphatic heterocycles. The molecular weight excluding hydrogens is 242 g/mol. The summed E-state index contributed by atoms with van der Waals surface area (Å²) in [7, 11) is 0. The molecule has 2 N–H and O–H groups in total. The van der Waals surface area contributed by atoms with Crippen LogP contribution in [0, 0.1) is 0 Å². The van der Waals surface area contributed by atoms with Crippen LogP contribution in [0.25, 0.3) is 11.1 Å². The number of rotatable bonds is 3. The third-order valence-corrected chi connectivity index (χ3v) is 3.24. The minimum absolute atomic E-state index is 0.616. The van der Waals surface area contributed by atoms with E-state index in [0.29, 0.717) is 11.6 Å². The highest BCUT2D eigenvalue weighted by molar-refractivity contribution is 7.14. The maximum Gasteiger partial charge on any atom is 0.137 e. The third kappa shape index (κ3) is 2.31. The van der Waals surface area contributed by atoms with E-state index in [1.165, 1.54) is 11.3 Å². The van der Waals surface area contributed by atoms with Crippen LogP contribution in [-0.4, -0.2) is 6.61 Å². The largest absolute Gasteiger partial charge is 0.492 e. The van der Waals surface area contributed by atoms with E-state index in [4.69, 9.17) is 22.1 Å². The molecule has 0 fully saturated rings. The SMILES string of the molecule is CCOc1ccc(-c2csc(N)c2)cc1Cl. The first-order chi connectivity index (χ1) is 7.70. The van der Waals surface area contributed by atoms with E-state index in [-0.39, 0.29) is 0 Å². The Balaban J connectivity index is 2.34. The fourth-order valence-corrected chi connectivity index (χ4v) is 2.35. The molecule has 0 unspecified atom stereocenters. The maximum absolute atomic E-state index is 6.11. The highest BCUT2D eigenvalue weighted by Gasteiger charge is 2.05. The van der Waals surface area contributed by atoms with E-state index in [1.807, 2.05) is 36.6 Å². The van der Waals surface area contributed by atoms with Gasteiger partial charge in [-0.25, -0.2) is 0 Å². The van der Waals surface area contributed by atoms with Crippen molar-refractivity contribution < 1.29 is 4.74 Å². The molecule has 0 aliphatic carbocycles. The van der Waals surface area contributed by atoms with Crippen molar-refractivity contribution >= 4 is 27.9 Å². The Labute approximate surface area is 104 Å². The summed E-state index contributed by atoms with van der Waals surface area (Å²) in [6, 6.07) is 7.71. The van der Waals surface area contributed by atoms with Crippen LogP contribution in [0.5, 0.6) is 5.75 Å². The molecule has 0 radical (unpaired) electrons. The number of ether oxygens (including phenoxy) is 1. The summed E-state index contributed by atoms with van der Waals surface area (Å²) in [4.78, 5) is 0. The molecule has 2 aromatic rings. The van der Waals surface area contributed by atoms with Gasteiger partial charge in [-0.1, -0.05) is 17.7 Å². The van der Waals surface area contributed by atoms with E-state index in [2.05, 4.69) is 0 Å². The topological polar surface area (TPSA) is 35.2 Å². The highest BCUT2D eigenvalue weighted by atomic mass is 35.5. The van der Waals surface area contributed by atoms with Crippen molar-refractivity contribution in [2.24, 2.45) is 0 Å². The van der Waals surface area contributed by atoms with Gasteiger partial charge in [0.05, 0.1) is 16.6 Å². The molecule has 0 saturated heterocycles. The van der Waals surface area contributed by atoms with Crippen LogP contribution in [0.15, 0.2) is 29.6 Å². The molecule has 4 heteroatoms. The minimum Gasteiger partial charge on any atom is -0.492 e. The Morgan fingerprint density at radius 3 is 2.69 bits per heavy atom. The number of benzene rings is 1. The lowest BCUT2D eigenvalue weighted by Gasteiger charge is -2.06. The van der Waals surface area contributed by atoms with Crippen LogP contribution < -0.4 is 10.5 Å². The molecule has 0 bridgehead atoms. The molecule has 16 heavy (non-hydrogen) atoms. The average Bonchev–Trinajstić information content (AvgIpc) is 2.68. The number of hydrogen-bond donors (Lipinski definition) is 1. The van der Waals surface area contributed by atoms with Gasteiger partial charge in [0.15, 0.2) is 0 Å². The fraction of sp³-hybridized carbons (Fsp3) is 0.167. The Morgan fingerprint density at radius 2 is 2.12 bits per heavy atom. The van der Waals surface area contributed by atoms with Crippen LogP contribution in [0.4, 0.5) is 5.00 Å². The lowest BCUT2D eigenvalue weighted by Crippen LogP contribution is -1.91. The number of hydrogen-bond acceptors (Lipinski definition) is 3. The van der Waals surface area contributed by atoms with Gasteiger partial charge in [0.25, 0.3) is 0 Å². The first-order valence-corrected chi connectivity index (χ1v) is 6.23. The van der Waals surface area contributed by atoms with E-state index in [1.54, 1.807) is 0 Å². The molecule has 1 aromatic carbocycles. The van der Waals surface area contributed by atoms with Crippen molar-refractivity contribution in [3.05, 3.63) is 34.7 Å². The third-order valence-electron chi connectivity index (χ3n) is 2.18. The van der Waals surface area contributed by atoms with E-state index in [9.17, 15) is 0 Å². The smallest absolute Gasteiger partial charge is 0.137 e. The number of halogens is 1. The van der Waals surface area contributed by atoms with E-state index >= 15 is 0 Å². The van der Waals surface area contributed by atoms with Gasteiger partial charge in [0.2, 0.25) is 0 Å². The van der Waals surface area contributed by atoms with Gasteiger partial charge in [-0.15, -0.1) is 11.3 Å². The molecule has 0 amide bonds. The zero-order chi connectivity index (χ0) is 11.5. The standard InChI is InChI=1S/C12H12ClNOS/c1-2-15-11-4-3-8(5-10(11)13)9-6-12(14)16-7-9/h3-7H,2,14H2,1H3. The van der Waals surface area contributed by atoms with Crippen molar-refractivity contribution in [2.75, 3.05) is 12.3 Å². The average molecular weight is 254 g/mol. The molecule has 0 atom stereocenters. The second-order valence-corrected chi connectivity index (χ2v) is 4.67. The van der Waals surface area contributed by atoms with Gasteiger partial charge in [0.1, 0.15) is 5.75 Å². The van der Waals surface area contributed by atoms with E-state index in [0.717, 1.165) is 21.9 Å². The Morgan fingerprint density at radius 1 is 1.31 bits per heavy atom. The number of nitrogens with two attached hydrogens (primary N) is 1. The summed E-state index contributed by atoms with van der Waals surface area (Å²) in [6.07, 6.45) is 0. The van der Waals surface area contributed by atoms with Crippen LogP contribution >= 0.6 is 22.9 Å². The first kappa shape index (κ1) is 11.3. The molecule has 1 aromatic heterocycles. The summed E-state index contributed by atoms with van der Waals surface area (Å²) >= 11 is 7.64. The molecular formula is C12H12ClNOS. The molecule has 0 spiro atoms. The molecule has 1 heterocycles. The van der Waals surface area contributed by atoms with E-state index < -0.39 is 0 Å². The van der Waals surface area contributed by atoms with Gasteiger partial charge < -0.3 is 10.5 Å². The monoisotopic (exact) mass is 253 g/mol. The Bertz CT molecular complexity index is 496. The highest BCUT2D eigenvalue weighted by Crippen LogP contribution is 2.33. The van der Waals surface area contributed by atoms with Gasteiger partial charge in [-0.05, 0) is 36.2 Å². The molecule has 84 valence electrons. The summed E-state index contributed by atoms with van der Waals surface area (Å²) in [5.41, 5.74) is 7.84. The Hall–Kier alpha value is -1.19. The normalized spacial score (nSPS) is 10.4. The fourth-order valence-electron chi connectivity index (χ4n) is 1.46. The zero-order valence-corrected chi connectivity index (χ0v) is 10.4. The van der Waals surface area contributed by atoms with Crippen molar-refractivity contribution in [1.29, 1.82) is 0 Å². The van der Waals surface area contributed by atoms with Crippen molar-refractivity contribution in [3.8, 4) is 16.9 Å². The molecule has 0 aliphatic rings. The molecule has 2 nitrogen and oxygen atoms in total. The number of nitrogen functional groups attached to an aromatic ring is 1. The summed E-state index contributed by atoms with van der Waals surface area (Å²) in [5, 5.41) is 3.45. The van der Waals surface area contributed by atoms with Crippen LogP contribution in [-0.2, 0) is 0 Å². The molecule has 2 rings (SSSR count). The second-order valence-electron chi connectivity index (χ2n) is 3.32. The second kappa shape index (κ2) is 4.76. The number of anilines is 1. The first-order valence-electron chi connectivity index (χ1n) is 4.97. The summed E-state index contributed by atoms with van der Waals surface area (Å²) < 4.78 is 5.38. The van der Waals surface area contributed by atoms with Gasteiger partial charge in [-0.2, -0.15) is 0 Å². The zero-order valence-electron chi connectivity index (χ0n) is 8.87. The quantitative estimate of drug-likeness (QED) is 0.896. The predicted octanol–water partition coefficient (Wildman–Crippen LogP) is 4.05. The molecule has 0 saturated carbocycles. The van der Waals surface area contributed by atoms with Gasteiger partial charge >= 0.3 is 0 Å². The minimum atomic E-state index is 0.616. The van der Waals surface area contributed by atoms with Gasteiger partial charge in [0, 0.05) is 5.38 Å². The maximum atomic E-state index is 6.11. The summed E-state index contributed by atoms with van der Waals surface area (Å²) in [6.45, 7) is 2.55. The van der Waals surface area contributed by atoms with Crippen LogP contribution in [0.2, 0.25) is 5.02 Å². The van der Waals surface area contributed by atoms with Crippen molar-refractivity contribution in [3.63, 3.8) is 0 Å². The lowest BCUT2D eigenvalue weighted by atomic mass is 10.1. The van der Waals surface area contributed by atoms with Gasteiger partial charge in [-0.3, -0.25) is 0 Å². The van der Waals surface area contributed by atoms with Crippen LogP contribution in [0.1, 0.15) is 6.92 Å². The summed E-state index contributed by atoms with van der Waals surface area (Å²) in [5.74, 6) is 0.719.